The van der Waals surface area contributed by atoms with Crippen LogP contribution < -0.4 is 0 Å². The van der Waals surface area contributed by atoms with Crippen LogP contribution in [0.1, 0.15) is 38.2 Å². The van der Waals surface area contributed by atoms with Crippen molar-refractivity contribution in [3.63, 3.8) is 0 Å². The molecular weight excluding hydrogens is 194 g/mol. The third-order valence-electron chi connectivity index (χ3n) is 2.62. The van der Waals surface area contributed by atoms with Crippen LogP contribution >= 0.6 is 0 Å². The van der Waals surface area contributed by atoms with Gasteiger partial charge in [0.25, 0.3) is 0 Å². The Labute approximate surface area is 98.7 Å². The molecule has 16 heavy (non-hydrogen) atoms. The Morgan fingerprint density at radius 1 is 1.12 bits per heavy atom. The van der Waals surface area contributed by atoms with E-state index in [1.807, 2.05) is 19.1 Å². The molecular formula is C15H21N. The number of hydrogen-bond donors (Lipinski definition) is 1. The molecule has 0 spiro atoms. The Balaban J connectivity index is 2.07. The Bertz CT molecular complexity index is 325. The first-order valence-electron chi connectivity index (χ1n) is 6.07. The number of allylic oxidation sites excluding steroid dienone is 2. The fraction of sp³-hybridized carbons (Fsp3) is 0.400. The first-order chi connectivity index (χ1) is 7.83. The van der Waals surface area contributed by atoms with E-state index in [-0.39, 0.29) is 0 Å². The van der Waals surface area contributed by atoms with Crippen molar-refractivity contribution in [1.82, 2.24) is 0 Å². The maximum atomic E-state index is 7.60. The molecule has 0 aromatic heterocycles. The van der Waals surface area contributed by atoms with Crippen LogP contribution in [0, 0.1) is 5.41 Å². The third-order valence-corrected chi connectivity index (χ3v) is 2.62. The van der Waals surface area contributed by atoms with Crippen LogP contribution in [0.4, 0.5) is 0 Å². The summed E-state index contributed by atoms with van der Waals surface area (Å²) >= 11 is 0. The number of benzene rings is 1. The van der Waals surface area contributed by atoms with E-state index in [0.29, 0.717) is 0 Å². The van der Waals surface area contributed by atoms with Crippen LogP contribution in [0.2, 0.25) is 0 Å². The molecule has 0 aliphatic rings. The van der Waals surface area contributed by atoms with Gasteiger partial charge in [0.2, 0.25) is 0 Å². The minimum atomic E-state index is 0.752. The second kappa shape index (κ2) is 7.86. The molecule has 0 saturated heterocycles. The topological polar surface area (TPSA) is 23.9 Å². The minimum absolute atomic E-state index is 0.752. The highest BCUT2D eigenvalue weighted by Crippen LogP contribution is 2.08. The van der Waals surface area contributed by atoms with Gasteiger partial charge in [-0.3, -0.25) is 0 Å². The number of nitrogens with one attached hydrogen (secondary N) is 1. The molecule has 0 amide bonds. The third kappa shape index (κ3) is 5.50. The summed E-state index contributed by atoms with van der Waals surface area (Å²) in [5.74, 6) is 0. The molecule has 0 atom stereocenters. The molecule has 0 unspecified atom stereocenters. The van der Waals surface area contributed by atoms with Crippen molar-refractivity contribution < 1.29 is 0 Å². The summed E-state index contributed by atoms with van der Waals surface area (Å²) in [6, 6.07) is 10.6. The van der Waals surface area contributed by atoms with E-state index in [9.17, 15) is 0 Å². The minimum Gasteiger partial charge on any atom is -0.305 e. The van der Waals surface area contributed by atoms with Crippen LogP contribution in [0.5, 0.6) is 0 Å². The van der Waals surface area contributed by atoms with Crippen molar-refractivity contribution in [2.24, 2.45) is 0 Å². The zero-order valence-electron chi connectivity index (χ0n) is 10.1. The van der Waals surface area contributed by atoms with Gasteiger partial charge in [0, 0.05) is 5.71 Å². The fourth-order valence-corrected chi connectivity index (χ4v) is 1.75. The van der Waals surface area contributed by atoms with Crippen LogP contribution in [0.3, 0.4) is 0 Å². The lowest BCUT2D eigenvalue weighted by molar-refractivity contribution is 0.696. The van der Waals surface area contributed by atoms with Crippen molar-refractivity contribution in [3.8, 4) is 0 Å². The summed E-state index contributed by atoms with van der Waals surface area (Å²) in [4.78, 5) is 0. The molecule has 1 aromatic carbocycles. The van der Waals surface area contributed by atoms with Gasteiger partial charge in [-0.05, 0) is 44.2 Å². The van der Waals surface area contributed by atoms with Gasteiger partial charge in [-0.25, -0.2) is 0 Å². The average Bonchev–Trinajstić information content (AvgIpc) is 2.30. The lowest BCUT2D eigenvalue weighted by Crippen LogP contribution is -1.91. The zero-order valence-corrected chi connectivity index (χ0v) is 10.1. The van der Waals surface area contributed by atoms with Crippen LogP contribution in [0.15, 0.2) is 42.5 Å². The monoisotopic (exact) mass is 215 g/mol. The van der Waals surface area contributed by atoms with Gasteiger partial charge in [-0.2, -0.15) is 0 Å². The Morgan fingerprint density at radius 3 is 2.56 bits per heavy atom. The van der Waals surface area contributed by atoms with E-state index in [4.69, 9.17) is 5.41 Å². The van der Waals surface area contributed by atoms with Crippen molar-refractivity contribution in [2.75, 3.05) is 0 Å². The molecule has 86 valence electrons. The maximum absolute atomic E-state index is 7.60. The standard InChI is InChI=1S/C15H21N/c1-2-9-15(16)13-8-4-7-12-14-10-5-3-6-11-14/h2-3,5-6,9-11,16H,4,7-8,12-13H2,1H3/b9-2-,16-15?. The lowest BCUT2D eigenvalue weighted by Gasteiger charge is -2.01. The molecule has 1 N–H and O–H groups in total. The van der Waals surface area contributed by atoms with Crippen molar-refractivity contribution >= 4 is 5.71 Å². The molecule has 0 aliphatic heterocycles. The van der Waals surface area contributed by atoms with Gasteiger partial charge in [-0.15, -0.1) is 0 Å². The first-order valence-corrected chi connectivity index (χ1v) is 6.07. The highest BCUT2D eigenvalue weighted by atomic mass is 14.4. The first kappa shape index (κ1) is 12.7. The normalized spacial score (nSPS) is 10.8. The molecule has 0 aliphatic carbocycles. The zero-order chi connectivity index (χ0) is 11.6. The summed E-state index contributed by atoms with van der Waals surface area (Å²) in [5, 5.41) is 7.60. The predicted octanol–water partition coefficient (Wildman–Crippen LogP) is 4.39. The SMILES string of the molecule is C/C=C\C(=N)CCCCCc1ccccc1. The summed E-state index contributed by atoms with van der Waals surface area (Å²) in [6.45, 7) is 1.96. The number of unbranched alkanes of at least 4 members (excludes halogenated alkanes) is 2. The highest BCUT2D eigenvalue weighted by Gasteiger charge is 1.94. The molecule has 1 nitrogen and oxygen atoms in total. The van der Waals surface area contributed by atoms with Crippen LogP contribution in [0.25, 0.3) is 0 Å². The van der Waals surface area contributed by atoms with E-state index < -0.39 is 0 Å². The number of rotatable bonds is 7. The van der Waals surface area contributed by atoms with Crippen LogP contribution in [-0.4, -0.2) is 5.71 Å². The molecule has 0 bridgehead atoms. The van der Waals surface area contributed by atoms with Gasteiger partial charge < -0.3 is 5.41 Å². The summed E-state index contributed by atoms with van der Waals surface area (Å²) in [7, 11) is 0. The molecule has 1 rings (SSSR count). The molecule has 0 radical (unpaired) electrons. The molecule has 0 saturated carbocycles. The smallest absolute Gasteiger partial charge is 0.0310 e. The van der Waals surface area contributed by atoms with E-state index in [1.165, 1.54) is 18.4 Å². The molecule has 1 aromatic rings. The van der Waals surface area contributed by atoms with Gasteiger partial charge in [0.1, 0.15) is 0 Å². The summed E-state index contributed by atoms with van der Waals surface area (Å²) in [6.07, 6.45) is 9.48. The average molecular weight is 215 g/mol. The Hall–Kier alpha value is -1.37. The predicted molar refractivity (Wildman–Crippen MR) is 71.2 cm³/mol. The number of hydrogen-bond acceptors (Lipinski definition) is 1. The largest absolute Gasteiger partial charge is 0.305 e. The van der Waals surface area contributed by atoms with Gasteiger partial charge in [-0.1, -0.05) is 42.8 Å². The van der Waals surface area contributed by atoms with E-state index in [2.05, 4.69) is 30.3 Å². The maximum Gasteiger partial charge on any atom is 0.0310 e. The van der Waals surface area contributed by atoms with Crippen molar-refractivity contribution in [2.45, 2.75) is 39.0 Å². The molecule has 0 heterocycles. The fourth-order valence-electron chi connectivity index (χ4n) is 1.75. The summed E-state index contributed by atoms with van der Waals surface area (Å²) < 4.78 is 0. The second-order valence-corrected chi connectivity index (χ2v) is 4.07. The van der Waals surface area contributed by atoms with Gasteiger partial charge in [0.15, 0.2) is 0 Å². The quantitative estimate of drug-likeness (QED) is 0.515. The highest BCUT2D eigenvalue weighted by molar-refractivity contribution is 5.91. The van der Waals surface area contributed by atoms with E-state index in [1.54, 1.807) is 0 Å². The lowest BCUT2D eigenvalue weighted by atomic mass is 10.0. The Kier molecular flexibility index (Phi) is 6.24. The van der Waals surface area contributed by atoms with Gasteiger partial charge in [0.05, 0.1) is 0 Å². The van der Waals surface area contributed by atoms with Crippen molar-refractivity contribution in [1.29, 1.82) is 5.41 Å². The van der Waals surface area contributed by atoms with Crippen LogP contribution in [-0.2, 0) is 6.42 Å². The summed E-state index contributed by atoms with van der Waals surface area (Å²) in [5.41, 5.74) is 2.17. The van der Waals surface area contributed by atoms with Crippen molar-refractivity contribution in [3.05, 3.63) is 48.0 Å². The molecule has 0 fully saturated rings. The molecule has 1 heteroatoms. The number of aryl methyl sites for hydroxylation is 1. The second-order valence-electron chi connectivity index (χ2n) is 4.07. The van der Waals surface area contributed by atoms with Gasteiger partial charge >= 0.3 is 0 Å². The Morgan fingerprint density at radius 2 is 1.88 bits per heavy atom. The van der Waals surface area contributed by atoms with E-state index in [0.717, 1.165) is 25.0 Å². The van der Waals surface area contributed by atoms with E-state index >= 15 is 0 Å².